The monoisotopic (exact) mass is 249 g/mol. The first-order valence-corrected chi connectivity index (χ1v) is 6.55. The molecule has 0 atom stereocenters. The van der Waals surface area contributed by atoms with Crippen LogP contribution in [0, 0.1) is 0 Å². The second-order valence-corrected chi connectivity index (χ2v) is 4.85. The number of ketones is 1. The molecule has 0 aliphatic rings. The fourth-order valence-electron chi connectivity index (χ4n) is 1.58. The van der Waals surface area contributed by atoms with Gasteiger partial charge in [-0.2, -0.15) is 0 Å². The largest absolute Gasteiger partial charge is 0.381 e. The Bertz CT molecular complexity index is 474. The normalized spacial score (nSPS) is 10.9. The van der Waals surface area contributed by atoms with Crippen molar-refractivity contribution in [2.24, 2.45) is 0 Å². The van der Waals surface area contributed by atoms with Gasteiger partial charge < -0.3 is 4.74 Å². The number of fused-ring (bicyclic) bond motifs is 1. The van der Waals surface area contributed by atoms with E-state index < -0.39 is 0 Å². The van der Waals surface area contributed by atoms with Gasteiger partial charge in [0.25, 0.3) is 0 Å². The molecule has 1 aromatic heterocycles. The minimum Gasteiger partial charge on any atom is -0.381 e. The Labute approximate surface area is 104 Å². The van der Waals surface area contributed by atoms with E-state index in [1.165, 1.54) is 0 Å². The van der Waals surface area contributed by atoms with Gasteiger partial charge in [-0.1, -0.05) is 12.1 Å². The molecule has 1 heterocycles. The summed E-state index contributed by atoms with van der Waals surface area (Å²) in [6.07, 6.45) is 0.899. The number of carbonyl (C=O) groups is 1. The standard InChI is InChI=1S/C13H15NO2S/c1-2-16-8-7-10(15)9-13-14-11-5-3-4-6-12(11)17-13/h3-6H,2,7-9H2,1H3. The number of Topliss-reactive ketones (excluding diaryl/α,β-unsaturated/α-hetero) is 1. The van der Waals surface area contributed by atoms with Crippen molar-refractivity contribution in [1.29, 1.82) is 0 Å². The zero-order chi connectivity index (χ0) is 12.1. The topological polar surface area (TPSA) is 39.2 Å². The maximum Gasteiger partial charge on any atom is 0.141 e. The maximum atomic E-state index is 11.7. The molecule has 0 amide bonds. The van der Waals surface area contributed by atoms with Crippen LogP contribution in [0.25, 0.3) is 10.2 Å². The Morgan fingerprint density at radius 3 is 3.00 bits per heavy atom. The molecule has 0 bridgehead atoms. The minimum atomic E-state index is 0.192. The Hall–Kier alpha value is -1.26. The number of rotatable bonds is 6. The molecule has 0 radical (unpaired) electrons. The number of nitrogens with zero attached hydrogens (tertiary/aromatic N) is 1. The Balaban J connectivity index is 1.96. The molecule has 2 aromatic rings. The summed E-state index contributed by atoms with van der Waals surface area (Å²) >= 11 is 1.59. The van der Waals surface area contributed by atoms with Crippen LogP contribution in [-0.4, -0.2) is 24.0 Å². The Morgan fingerprint density at radius 2 is 2.24 bits per heavy atom. The molecule has 0 fully saturated rings. The highest BCUT2D eigenvalue weighted by atomic mass is 32.1. The van der Waals surface area contributed by atoms with E-state index in [0.29, 0.717) is 26.1 Å². The van der Waals surface area contributed by atoms with Gasteiger partial charge in [-0.15, -0.1) is 11.3 Å². The molecule has 0 aliphatic heterocycles. The predicted molar refractivity (Wildman–Crippen MR) is 69.4 cm³/mol. The number of ether oxygens (including phenoxy) is 1. The molecule has 0 saturated carbocycles. The molecule has 90 valence electrons. The minimum absolute atomic E-state index is 0.192. The van der Waals surface area contributed by atoms with Crippen molar-refractivity contribution in [3.05, 3.63) is 29.3 Å². The van der Waals surface area contributed by atoms with E-state index >= 15 is 0 Å². The van der Waals surface area contributed by atoms with Crippen molar-refractivity contribution in [2.75, 3.05) is 13.2 Å². The van der Waals surface area contributed by atoms with Gasteiger partial charge in [0.15, 0.2) is 0 Å². The van der Waals surface area contributed by atoms with E-state index in [1.807, 2.05) is 31.2 Å². The van der Waals surface area contributed by atoms with Crippen LogP contribution >= 0.6 is 11.3 Å². The van der Waals surface area contributed by atoms with Gasteiger partial charge in [-0.25, -0.2) is 4.98 Å². The van der Waals surface area contributed by atoms with Gasteiger partial charge in [-0.3, -0.25) is 4.79 Å². The number of thiazole rings is 1. The SMILES string of the molecule is CCOCCC(=O)Cc1nc2ccccc2s1. The first-order valence-electron chi connectivity index (χ1n) is 5.73. The van der Waals surface area contributed by atoms with Crippen LogP contribution in [-0.2, 0) is 16.0 Å². The lowest BCUT2D eigenvalue weighted by Gasteiger charge is -1.98. The summed E-state index contributed by atoms with van der Waals surface area (Å²) in [5.74, 6) is 0.192. The lowest BCUT2D eigenvalue weighted by molar-refractivity contribution is -0.119. The van der Waals surface area contributed by atoms with E-state index in [1.54, 1.807) is 11.3 Å². The van der Waals surface area contributed by atoms with Crippen LogP contribution < -0.4 is 0 Å². The molecular formula is C13H15NO2S. The molecule has 3 nitrogen and oxygen atoms in total. The van der Waals surface area contributed by atoms with Crippen LogP contribution in [0.2, 0.25) is 0 Å². The molecule has 0 unspecified atom stereocenters. The summed E-state index contributed by atoms with van der Waals surface area (Å²) < 4.78 is 6.30. The second kappa shape index (κ2) is 5.89. The number of aromatic nitrogens is 1. The van der Waals surface area contributed by atoms with Crippen LogP contribution in [0.5, 0.6) is 0 Å². The Kier molecular flexibility index (Phi) is 4.23. The molecule has 17 heavy (non-hydrogen) atoms. The zero-order valence-electron chi connectivity index (χ0n) is 9.81. The zero-order valence-corrected chi connectivity index (χ0v) is 10.6. The smallest absolute Gasteiger partial charge is 0.141 e. The van der Waals surface area contributed by atoms with E-state index in [-0.39, 0.29) is 5.78 Å². The summed E-state index contributed by atoms with van der Waals surface area (Å²) in [4.78, 5) is 16.1. The van der Waals surface area contributed by atoms with Gasteiger partial charge in [0, 0.05) is 13.0 Å². The van der Waals surface area contributed by atoms with Crippen molar-refractivity contribution in [3.63, 3.8) is 0 Å². The Morgan fingerprint density at radius 1 is 1.41 bits per heavy atom. The van der Waals surface area contributed by atoms with Crippen molar-refractivity contribution < 1.29 is 9.53 Å². The average Bonchev–Trinajstić information content (AvgIpc) is 2.71. The number of para-hydroxylation sites is 1. The van der Waals surface area contributed by atoms with Crippen molar-refractivity contribution in [3.8, 4) is 0 Å². The van der Waals surface area contributed by atoms with E-state index in [4.69, 9.17) is 4.74 Å². The highest BCUT2D eigenvalue weighted by Gasteiger charge is 2.08. The quantitative estimate of drug-likeness (QED) is 0.739. The third-order valence-electron chi connectivity index (χ3n) is 2.42. The van der Waals surface area contributed by atoms with Crippen molar-refractivity contribution in [2.45, 2.75) is 19.8 Å². The number of hydrogen-bond acceptors (Lipinski definition) is 4. The van der Waals surface area contributed by atoms with Crippen LogP contribution in [0.4, 0.5) is 0 Å². The molecule has 0 aliphatic carbocycles. The van der Waals surface area contributed by atoms with Crippen LogP contribution in [0.3, 0.4) is 0 Å². The molecule has 0 N–H and O–H groups in total. The van der Waals surface area contributed by atoms with Crippen LogP contribution in [0.15, 0.2) is 24.3 Å². The molecular weight excluding hydrogens is 234 g/mol. The lowest BCUT2D eigenvalue weighted by atomic mass is 10.2. The van der Waals surface area contributed by atoms with Gasteiger partial charge >= 0.3 is 0 Å². The predicted octanol–water partition coefficient (Wildman–Crippen LogP) is 2.83. The second-order valence-electron chi connectivity index (χ2n) is 3.74. The maximum absolute atomic E-state index is 11.7. The number of benzene rings is 1. The van der Waals surface area contributed by atoms with Gasteiger partial charge in [-0.05, 0) is 19.1 Å². The highest BCUT2D eigenvalue weighted by Crippen LogP contribution is 2.22. The van der Waals surface area contributed by atoms with E-state index in [2.05, 4.69) is 4.98 Å². The fourth-order valence-corrected chi connectivity index (χ4v) is 2.58. The molecule has 0 spiro atoms. The first-order chi connectivity index (χ1) is 8.29. The van der Waals surface area contributed by atoms with Crippen molar-refractivity contribution in [1.82, 2.24) is 4.98 Å². The van der Waals surface area contributed by atoms with Gasteiger partial charge in [0.2, 0.25) is 0 Å². The first kappa shape index (κ1) is 12.2. The average molecular weight is 249 g/mol. The molecule has 2 rings (SSSR count). The number of carbonyl (C=O) groups excluding carboxylic acids is 1. The van der Waals surface area contributed by atoms with E-state index in [0.717, 1.165) is 15.2 Å². The van der Waals surface area contributed by atoms with Gasteiger partial charge in [0.05, 0.1) is 23.2 Å². The molecule has 4 heteroatoms. The summed E-state index contributed by atoms with van der Waals surface area (Å²) in [6, 6.07) is 7.95. The highest BCUT2D eigenvalue weighted by molar-refractivity contribution is 7.18. The fraction of sp³-hybridized carbons (Fsp3) is 0.385. The van der Waals surface area contributed by atoms with Crippen LogP contribution in [0.1, 0.15) is 18.4 Å². The third kappa shape index (κ3) is 3.35. The summed E-state index contributed by atoms with van der Waals surface area (Å²) in [7, 11) is 0. The summed E-state index contributed by atoms with van der Waals surface area (Å²) in [6.45, 7) is 3.10. The number of hydrogen-bond donors (Lipinski definition) is 0. The third-order valence-corrected chi connectivity index (χ3v) is 3.45. The molecule has 1 aromatic carbocycles. The van der Waals surface area contributed by atoms with Gasteiger partial charge in [0.1, 0.15) is 10.8 Å². The molecule has 0 saturated heterocycles. The van der Waals surface area contributed by atoms with Crippen molar-refractivity contribution >= 4 is 27.3 Å². The lowest BCUT2D eigenvalue weighted by Crippen LogP contribution is -2.06. The summed E-state index contributed by atoms with van der Waals surface area (Å²) in [5, 5.41) is 0.896. The van der Waals surface area contributed by atoms with E-state index in [9.17, 15) is 4.79 Å². The summed E-state index contributed by atoms with van der Waals surface area (Å²) in [5.41, 5.74) is 0.977.